The van der Waals surface area contributed by atoms with Crippen LogP contribution in [0.2, 0.25) is 0 Å². The monoisotopic (exact) mass is 434 g/mol. The number of H-pyrrole nitrogens is 1. The van der Waals surface area contributed by atoms with Gasteiger partial charge in [-0.25, -0.2) is 9.78 Å². The number of para-hydroxylation sites is 2. The number of thioether (sulfide) groups is 1. The lowest BCUT2D eigenvalue weighted by molar-refractivity contribution is 0.236. The van der Waals surface area contributed by atoms with E-state index >= 15 is 0 Å². The number of aromatic amines is 1. The number of rotatable bonds is 8. The molecule has 2 amide bonds. The Hall–Kier alpha value is -3.19. The van der Waals surface area contributed by atoms with Gasteiger partial charge in [0, 0.05) is 6.54 Å². The highest BCUT2D eigenvalue weighted by Gasteiger charge is 2.18. The van der Waals surface area contributed by atoms with Crippen LogP contribution in [0.1, 0.15) is 23.9 Å². The fourth-order valence-electron chi connectivity index (χ4n) is 3.55. The second kappa shape index (κ2) is 9.75. The van der Waals surface area contributed by atoms with E-state index in [-0.39, 0.29) is 12.1 Å². The van der Waals surface area contributed by atoms with Gasteiger partial charge < -0.3 is 20.4 Å². The number of imidazole rings is 1. The maximum absolute atomic E-state index is 12.6. The van der Waals surface area contributed by atoms with Crippen molar-refractivity contribution in [2.24, 2.45) is 0 Å². The summed E-state index contributed by atoms with van der Waals surface area (Å²) in [6, 6.07) is 19.6. The average molecular weight is 435 g/mol. The third-order valence-electron chi connectivity index (χ3n) is 5.22. The minimum atomic E-state index is -0.207. The number of amides is 2. The van der Waals surface area contributed by atoms with Crippen LogP contribution in [-0.2, 0) is 6.54 Å². The molecule has 31 heavy (non-hydrogen) atoms. The Bertz CT molecular complexity index is 1160. The van der Waals surface area contributed by atoms with E-state index in [1.807, 2.05) is 54.6 Å². The molecule has 3 aromatic carbocycles. The molecule has 0 aliphatic rings. The number of nitrogens with one attached hydrogen (secondary N) is 3. The predicted octanol–water partition coefficient (Wildman–Crippen LogP) is 5.02. The van der Waals surface area contributed by atoms with Crippen molar-refractivity contribution in [2.75, 3.05) is 19.1 Å². The number of urea groups is 1. The maximum Gasteiger partial charge on any atom is 0.315 e. The lowest BCUT2D eigenvalue weighted by atomic mass is 10.1. The normalized spacial score (nSPS) is 12.1. The maximum atomic E-state index is 12.6. The van der Waals surface area contributed by atoms with Crippen molar-refractivity contribution in [3.63, 3.8) is 0 Å². The molecule has 0 fully saturated rings. The average Bonchev–Trinajstić information content (AvgIpc) is 3.24. The zero-order valence-corrected chi connectivity index (χ0v) is 18.5. The van der Waals surface area contributed by atoms with E-state index < -0.39 is 0 Å². The van der Waals surface area contributed by atoms with Crippen molar-refractivity contribution in [1.29, 1.82) is 0 Å². The summed E-state index contributed by atoms with van der Waals surface area (Å²) >= 11 is 1.75. The van der Waals surface area contributed by atoms with Gasteiger partial charge in [0.05, 0.1) is 24.2 Å². The van der Waals surface area contributed by atoms with Crippen molar-refractivity contribution >= 4 is 39.6 Å². The summed E-state index contributed by atoms with van der Waals surface area (Å²) in [5, 5.41) is 8.27. The van der Waals surface area contributed by atoms with E-state index in [2.05, 4.69) is 32.9 Å². The second-order valence-corrected chi connectivity index (χ2v) is 8.33. The molecule has 0 aliphatic heterocycles. The molecule has 6 nitrogen and oxygen atoms in total. The fraction of sp³-hybridized carbons (Fsp3) is 0.250. The molecule has 4 aromatic rings. The third-order valence-corrected chi connectivity index (χ3v) is 5.86. The molecule has 7 heteroatoms. The number of carbonyl (C=O) groups is 1. The van der Waals surface area contributed by atoms with Gasteiger partial charge >= 0.3 is 6.03 Å². The van der Waals surface area contributed by atoms with Gasteiger partial charge in [-0.15, -0.1) is 0 Å². The number of fused-ring (bicyclic) bond motifs is 2. The molecule has 4 rings (SSSR count). The first-order valence-corrected chi connectivity index (χ1v) is 11.6. The topological polar surface area (TPSA) is 79.0 Å². The molecule has 0 saturated carbocycles. The van der Waals surface area contributed by atoms with E-state index in [0.717, 1.165) is 51.1 Å². The van der Waals surface area contributed by atoms with Crippen molar-refractivity contribution in [2.45, 2.75) is 19.0 Å². The van der Waals surface area contributed by atoms with E-state index in [1.54, 1.807) is 18.9 Å². The van der Waals surface area contributed by atoms with Crippen LogP contribution in [0.4, 0.5) is 4.79 Å². The highest BCUT2D eigenvalue weighted by atomic mass is 32.2. The lowest BCUT2D eigenvalue weighted by Crippen LogP contribution is -2.38. The number of hydrogen-bond donors (Lipinski definition) is 3. The first-order chi connectivity index (χ1) is 15.2. The molecule has 1 heterocycles. The molecule has 1 atom stereocenters. The summed E-state index contributed by atoms with van der Waals surface area (Å²) in [4.78, 5) is 20.6. The van der Waals surface area contributed by atoms with Crippen LogP contribution in [-0.4, -0.2) is 35.1 Å². The van der Waals surface area contributed by atoms with Gasteiger partial charge in [0.25, 0.3) is 0 Å². The quantitative estimate of drug-likeness (QED) is 0.364. The summed E-state index contributed by atoms with van der Waals surface area (Å²) in [5.74, 6) is 2.54. The highest BCUT2D eigenvalue weighted by molar-refractivity contribution is 7.98. The zero-order chi connectivity index (χ0) is 21.6. The van der Waals surface area contributed by atoms with E-state index in [4.69, 9.17) is 4.74 Å². The van der Waals surface area contributed by atoms with Crippen LogP contribution in [0.25, 0.3) is 21.8 Å². The molecule has 3 N–H and O–H groups in total. The Morgan fingerprint density at radius 2 is 1.94 bits per heavy atom. The van der Waals surface area contributed by atoms with Crippen molar-refractivity contribution in [1.82, 2.24) is 20.6 Å². The smallest absolute Gasteiger partial charge is 0.315 e. The van der Waals surface area contributed by atoms with E-state index in [1.165, 1.54) is 0 Å². The van der Waals surface area contributed by atoms with Crippen molar-refractivity contribution in [3.8, 4) is 5.75 Å². The first kappa shape index (κ1) is 21.1. The molecule has 1 aromatic heterocycles. The highest BCUT2D eigenvalue weighted by Crippen LogP contribution is 2.22. The van der Waals surface area contributed by atoms with Gasteiger partial charge in [-0.3, -0.25) is 0 Å². The molecule has 0 unspecified atom stereocenters. The van der Waals surface area contributed by atoms with Gasteiger partial charge in [0.2, 0.25) is 0 Å². The molecule has 160 valence electrons. The van der Waals surface area contributed by atoms with Crippen molar-refractivity contribution in [3.05, 3.63) is 72.1 Å². The molecule has 0 saturated heterocycles. The number of benzene rings is 3. The van der Waals surface area contributed by atoms with E-state index in [9.17, 15) is 4.79 Å². The number of aromatic nitrogens is 2. The molecule has 0 radical (unpaired) electrons. The predicted molar refractivity (Wildman–Crippen MR) is 128 cm³/mol. The Balaban J connectivity index is 1.42. The third kappa shape index (κ3) is 5.11. The molecule has 0 aliphatic carbocycles. The van der Waals surface area contributed by atoms with E-state index in [0.29, 0.717) is 6.54 Å². The number of ether oxygens (including phenoxy) is 1. The Morgan fingerprint density at radius 1 is 1.13 bits per heavy atom. The molecule has 0 spiro atoms. The van der Waals surface area contributed by atoms with Crippen LogP contribution in [0.3, 0.4) is 0 Å². The van der Waals surface area contributed by atoms with Gasteiger partial charge in [-0.1, -0.05) is 30.3 Å². The summed E-state index contributed by atoms with van der Waals surface area (Å²) < 4.78 is 5.28. The number of carbonyl (C=O) groups excluding carboxylic acids is 1. The summed E-state index contributed by atoms with van der Waals surface area (Å²) in [5.41, 5.74) is 2.92. The SMILES string of the molecule is COc1ccc2cc(CNC(=O)N[C@H](CCSC)c3nc4ccccc4[nH]3)ccc2c1. The molecule has 0 bridgehead atoms. The largest absolute Gasteiger partial charge is 0.497 e. The Labute approximate surface area is 185 Å². The minimum Gasteiger partial charge on any atom is -0.497 e. The molecular formula is C24H26N4O2S. The molecular weight excluding hydrogens is 408 g/mol. The van der Waals surface area contributed by atoms with Crippen LogP contribution < -0.4 is 15.4 Å². The number of methoxy groups -OCH3 is 1. The van der Waals surface area contributed by atoms with Crippen molar-refractivity contribution < 1.29 is 9.53 Å². The first-order valence-electron chi connectivity index (χ1n) is 10.2. The lowest BCUT2D eigenvalue weighted by Gasteiger charge is -2.17. The van der Waals surface area contributed by atoms with Gasteiger partial charge in [0.1, 0.15) is 11.6 Å². The Kier molecular flexibility index (Phi) is 6.62. The van der Waals surface area contributed by atoms with Crippen LogP contribution >= 0.6 is 11.8 Å². The Morgan fingerprint density at radius 3 is 2.74 bits per heavy atom. The summed E-state index contributed by atoms with van der Waals surface area (Å²) in [7, 11) is 1.66. The van der Waals surface area contributed by atoms with Gasteiger partial charge in [-0.2, -0.15) is 11.8 Å². The standard InChI is InChI=1S/C24H26N4O2S/c1-30-19-10-9-17-13-16(7-8-18(17)14-19)15-25-24(29)28-22(11-12-31-2)23-26-20-5-3-4-6-21(20)27-23/h3-10,13-14,22H,11-12,15H2,1-2H3,(H,26,27)(H2,25,28,29)/t22-/m1/s1. The van der Waals surface area contributed by atoms with Crippen LogP contribution in [0.15, 0.2) is 60.7 Å². The van der Waals surface area contributed by atoms with Crippen LogP contribution in [0.5, 0.6) is 5.75 Å². The zero-order valence-electron chi connectivity index (χ0n) is 17.6. The fourth-order valence-corrected chi connectivity index (χ4v) is 4.02. The number of nitrogens with zero attached hydrogens (tertiary/aromatic N) is 1. The van der Waals surface area contributed by atoms with Gasteiger partial charge in [-0.05, 0) is 65.1 Å². The number of hydrogen-bond acceptors (Lipinski definition) is 4. The van der Waals surface area contributed by atoms with Crippen LogP contribution in [0, 0.1) is 0 Å². The summed E-state index contributed by atoms with van der Waals surface area (Å²) in [6.45, 7) is 0.448. The van der Waals surface area contributed by atoms with Gasteiger partial charge in [0.15, 0.2) is 0 Å². The summed E-state index contributed by atoms with van der Waals surface area (Å²) in [6.07, 6.45) is 2.86. The second-order valence-electron chi connectivity index (χ2n) is 7.35. The minimum absolute atomic E-state index is 0.177.